The number of aromatic nitrogens is 4. The number of ether oxygens (including phenoxy) is 2. The normalized spacial score (nSPS) is 10.7. The van der Waals surface area contributed by atoms with Gasteiger partial charge in [-0.3, -0.25) is 4.57 Å². The zero-order valence-corrected chi connectivity index (χ0v) is 17.8. The number of fused-ring (bicyclic) bond motifs is 1. The molecule has 0 aliphatic heterocycles. The van der Waals surface area contributed by atoms with Crippen LogP contribution in [0, 0.1) is 11.3 Å². The van der Waals surface area contributed by atoms with Crippen molar-refractivity contribution in [3.63, 3.8) is 0 Å². The van der Waals surface area contributed by atoms with Gasteiger partial charge in [-0.15, -0.1) is 6.58 Å². The maximum absolute atomic E-state index is 13.4. The van der Waals surface area contributed by atoms with E-state index in [1.165, 1.54) is 16.2 Å². The van der Waals surface area contributed by atoms with Crippen molar-refractivity contribution >= 4 is 11.2 Å². The third-order valence-corrected chi connectivity index (χ3v) is 4.94. The summed E-state index contributed by atoms with van der Waals surface area (Å²) < 4.78 is 13.8. The summed E-state index contributed by atoms with van der Waals surface area (Å²) in [5.74, 6) is 1.56. The van der Waals surface area contributed by atoms with Crippen LogP contribution in [0.1, 0.15) is 12.6 Å². The molecule has 32 heavy (non-hydrogen) atoms. The Morgan fingerprint density at radius 1 is 1.16 bits per heavy atom. The van der Waals surface area contributed by atoms with Gasteiger partial charge in [-0.05, 0) is 43.3 Å². The molecule has 0 N–H and O–H groups in total. The van der Waals surface area contributed by atoms with Gasteiger partial charge in [0.15, 0.2) is 17.2 Å². The fourth-order valence-electron chi connectivity index (χ4n) is 3.56. The smallest absolute Gasteiger partial charge is 0.335 e. The van der Waals surface area contributed by atoms with E-state index in [1.54, 1.807) is 24.3 Å². The van der Waals surface area contributed by atoms with Crippen LogP contribution in [0.2, 0.25) is 0 Å². The van der Waals surface area contributed by atoms with E-state index in [-0.39, 0.29) is 17.9 Å². The van der Waals surface area contributed by atoms with Crippen LogP contribution < -0.4 is 15.2 Å². The molecule has 0 aliphatic rings. The van der Waals surface area contributed by atoms with Crippen LogP contribution in [-0.2, 0) is 6.54 Å². The number of allylic oxidation sites excluding steroid dienone is 1. The van der Waals surface area contributed by atoms with Crippen molar-refractivity contribution in [3.8, 4) is 34.6 Å². The first kappa shape index (κ1) is 20.9. The quantitative estimate of drug-likeness (QED) is 0.417. The fourth-order valence-corrected chi connectivity index (χ4v) is 3.56. The van der Waals surface area contributed by atoms with Crippen molar-refractivity contribution in [2.75, 3.05) is 13.7 Å². The van der Waals surface area contributed by atoms with Gasteiger partial charge in [0.05, 0.1) is 19.4 Å². The number of nitrogens with zero attached hydrogens (tertiary/aromatic N) is 5. The summed E-state index contributed by atoms with van der Waals surface area (Å²) in [5, 5.41) is 9.85. The molecule has 0 radical (unpaired) electrons. The molecule has 0 bridgehead atoms. The molecule has 4 aromatic rings. The van der Waals surface area contributed by atoms with E-state index in [4.69, 9.17) is 14.5 Å². The van der Waals surface area contributed by atoms with E-state index in [0.717, 1.165) is 5.75 Å². The van der Waals surface area contributed by atoms with Gasteiger partial charge in [-0.2, -0.15) is 5.26 Å². The van der Waals surface area contributed by atoms with Crippen molar-refractivity contribution in [1.29, 1.82) is 5.26 Å². The molecule has 0 fully saturated rings. The lowest BCUT2D eigenvalue weighted by Crippen LogP contribution is -2.23. The Morgan fingerprint density at radius 3 is 2.56 bits per heavy atom. The Balaban J connectivity index is 2.04. The first-order chi connectivity index (χ1) is 15.6. The van der Waals surface area contributed by atoms with Gasteiger partial charge in [0.1, 0.15) is 23.1 Å². The Hall–Kier alpha value is -4.38. The van der Waals surface area contributed by atoms with Gasteiger partial charge in [-0.25, -0.2) is 19.3 Å². The lowest BCUT2D eigenvalue weighted by Gasteiger charge is -2.09. The molecule has 2 aromatic heterocycles. The molecule has 4 rings (SSSR count). The Labute approximate surface area is 184 Å². The van der Waals surface area contributed by atoms with Gasteiger partial charge >= 0.3 is 5.69 Å². The number of hydrogen-bond acceptors (Lipinski definition) is 6. The molecule has 2 aromatic carbocycles. The van der Waals surface area contributed by atoms with Crippen molar-refractivity contribution in [2.45, 2.75) is 13.5 Å². The van der Waals surface area contributed by atoms with Gasteiger partial charge < -0.3 is 9.47 Å². The highest BCUT2D eigenvalue weighted by atomic mass is 16.5. The van der Waals surface area contributed by atoms with Gasteiger partial charge in [0.2, 0.25) is 0 Å². The molecule has 0 atom stereocenters. The summed E-state index contributed by atoms with van der Waals surface area (Å²) in [6.07, 6.45) is 1.59. The van der Waals surface area contributed by atoms with E-state index in [2.05, 4.69) is 17.6 Å². The SMILES string of the molecule is C=CCn1c(=O)n(-c2ccccc2OC)c2nc(-c3ccc(OCC)cc3)nc(C#N)c21. The number of benzene rings is 2. The molecule has 160 valence electrons. The average molecular weight is 427 g/mol. The molecular weight excluding hydrogens is 406 g/mol. The van der Waals surface area contributed by atoms with E-state index >= 15 is 0 Å². The fraction of sp³-hybridized carbons (Fsp3) is 0.167. The topological polar surface area (TPSA) is 95.0 Å². The number of hydrogen-bond donors (Lipinski definition) is 0. The molecule has 0 aliphatic carbocycles. The third kappa shape index (κ3) is 3.50. The predicted molar refractivity (Wildman–Crippen MR) is 121 cm³/mol. The van der Waals surface area contributed by atoms with Crippen molar-refractivity contribution in [1.82, 2.24) is 19.1 Å². The standard InChI is InChI=1S/C24H21N5O3/c1-4-14-28-21-18(15-25)26-22(16-10-12-17(13-11-16)32-5-2)27-23(21)29(24(28)30)19-8-6-7-9-20(19)31-3/h4,6-13H,1,5,14H2,2-3H3. The first-order valence-electron chi connectivity index (χ1n) is 10.0. The van der Waals surface area contributed by atoms with Crippen LogP contribution in [0.4, 0.5) is 0 Å². The van der Waals surface area contributed by atoms with Gasteiger partial charge in [0, 0.05) is 12.1 Å². The molecule has 2 heterocycles. The van der Waals surface area contributed by atoms with Crippen LogP contribution in [-0.4, -0.2) is 32.8 Å². The maximum Gasteiger partial charge on any atom is 0.335 e. The summed E-state index contributed by atoms with van der Waals surface area (Å²) in [6.45, 7) is 6.41. The van der Waals surface area contributed by atoms with Crippen LogP contribution in [0.3, 0.4) is 0 Å². The molecule has 0 spiro atoms. The van der Waals surface area contributed by atoms with E-state index in [9.17, 15) is 10.1 Å². The number of rotatable bonds is 7. The summed E-state index contributed by atoms with van der Waals surface area (Å²) in [5.41, 5.74) is 1.62. The van der Waals surface area contributed by atoms with E-state index in [1.807, 2.05) is 37.3 Å². The predicted octanol–water partition coefficient (Wildman–Crippen LogP) is 3.71. The highest BCUT2D eigenvalue weighted by Gasteiger charge is 2.23. The molecule has 8 heteroatoms. The zero-order chi connectivity index (χ0) is 22.7. The Kier molecular flexibility index (Phi) is 5.73. The average Bonchev–Trinajstić information content (AvgIpc) is 3.10. The summed E-state index contributed by atoms with van der Waals surface area (Å²) in [4.78, 5) is 22.6. The van der Waals surface area contributed by atoms with Gasteiger partial charge in [-0.1, -0.05) is 18.2 Å². The maximum atomic E-state index is 13.4. The molecular formula is C24H21N5O3. The van der Waals surface area contributed by atoms with Crippen molar-refractivity contribution in [3.05, 3.63) is 77.4 Å². The molecule has 0 saturated heterocycles. The monoisotopic (exact) mass is 427 g/mol. The third-order valence-electron chi connectivity index (χ3n) is 4.94. The lowest BCUT2D eigenvalue weighted by molar-refractivity contribution is 0.340. The highest BCUT2D eigenvalue weighted by molar-refractivity contribution is 5.81. The van der Waals surface area contributed by atoms with Crippen LogP contribution in [0.25, 0.3) is 28.2 Å². The number of nitriles is 1. The van der Waals surface area contributed by atoms with Crippen molar-refractivity contribution < 1.29 is 9.47 Å². The molecule has 0 saturated carbocycles. The Bertz CT molecular complexity index is 1390. The summed E-state index contributed by atoms with van der Waals surface area (Å²) >= 11 is 0. The summed E-state index contributed by atoms with van der Waals surface area (Å²) in [7, 11) is 1.54. The van der Waals surface area contributed by atoms with Crippen LogP contribution in [0.15, 0.2) is 66.0 Å². The largest absolute Gasteiger partial charge is 0.495 e. The lowest BCUT2D eigenvalue weighted by atomic mass is 10.2. The van der Waals surface area contributed by atoms with E-state index in [0.29, 0.717) is 40.6 Å². The number of methoxy groups -OCH3 is 1. The minimum absolute atomic E-state index is 0.103. The number of imidazole rings is 1. The van der Waals surface area contributed by atoms with Crippen LogP contribution >= 0.6 is 0 Å². The van der Waals surface area contributed by atoms with Gasteiger partial charge in [0.25, 0.3) is 0 Å². The second-order valence-corrected chi connectivity index (χ2v) is 6.83. The zero-order valence-electron chi connectivity index (χ0n) is 17.8. The minimum atomic E-state index is -0.362. The summed E-state index contributed by atoms with van der Waals surface area (Å²) in [6, 6.07) is 16.5. The van der Waals surface area contributed by atoms with Crippen molar-refractivity contribution in [2.24, 2.45) is 0 Å². The van der Waals surface area contributed by atoms with E-state index < -0.39 is 0 Å². The molecule has 8 nitrogen and oxygen atoms in total. The minimum Gasteiger partial charge on any atom is -0.495 e. The Morgan fingerprint density at radius 2 is 1.91 bits per heavy atom. The molecule has 0 amide bonds. The molecule has 0 unspecified atom stereocenters. The first-order valence-corrected chi connectivity index (χ1v) is 10.0. The second kappa shape index (κ2) is 8.78. The van der Waals surface area contributed by atoms with Crippen LogP contribution in [0.5, 0.6) is 11.5 Å². The highest BCUT2D eigenvalue weighted by Crippen LogP contribution is 2.28. The second-order valence-electron chi connectivity index (χ2n) is 6.83. The number of para-hydroxylation sites is 2.